The Kier molecular flexibility index (Phi) is 45.8. The molecule has 1 radical (unpaired) electrons. The van der Waals surface area contributed by atoms with Gasteiger partial charge >= 0.3 is 0 Å². The summed E-state index contributed by atoms with van der Waals surface area (Å²) in [5.41, 5.74) is 0. The van der Waals surface area contributed by atoms with E-state index in [1.807, 2.05) is 14.1 Å². The summed E-state index contributed by atoms with van der Waals surface area (Å²) in [6, 6.07) is 0. The van der Waals surface area contributed by atoms with Crippen LogP contribution in [-0.2, 0) is 32.7 Å². The van der Waals surface area contributed by atoms with E-state index in [0.29, 0.717) is 0 Å². The molecule has 0 aliphatic carbocycles. The van der Waals surface area contributed by atoms with Gasteiger partial charge in [0, 0.05) is 32.7 Å². The van der Waals surface area contributed by atoms with E-state index >= 15 is 0 Å². The molecule has 0 saturated heterocycles. The molecular weight excluding hydrogens is 175 g/mol. The second kappa shape index (κ2) is 15.6. The minimum absolute atomic E-state index is 0. The summed E-state index contributed by atoms with van der Waals surface area (Å²) < 4.78 is 0. The quantitative estimate of drug-likeness (QED) is 0.448. The molecule has 49 valence electrons. The number of rotatable bonds is 1. The van der Waals surface area contributed by atoms with Crippen LogP contribution < -0.4 is 0 Å². The molecule has 0 heterocycles. The first-order valence-corrected chi connectivity index (χ1v) is 1.47. The van der Waals surface area contributed by atoms with Gasteiger partial charge in [-0.15, -0.1) is 0 Å². The third-order valence-electron chi connectivity index (χ3n) is 0.316. The van der Waals surface area contributed by atoms with Gasteiger partial charge < -0.3 is 18.5 Å². The Morgan fingerprint density at radius 2 is 1.50 bits per heavy atom. The van der Waals surface area contributed by atoms with Crippen LogP contribution in [-0.4, -0.2) is 19.0 Å². The Hall–Kier alpha value is 0.644. The van der Waals surface area contributed by atoms with E-state index in [-0.39, 0.29) is 47.6 Å². The molecular formula is C6H15NY-2. The van der Waals surface area contributed by atoms with Crippen LogP contribution in [0.25, 0.3) is 0 Å². The van der Waals surface area contributed by atoms with Crippen LogP contribution in [0.2, 0.25) is 0 Å². The van der Waals surface area contributed by atoms with Crippen molar-refractivity contribution in [2.24, 2.45) is 0 Å². The maximum atomic E-state index is 3.36. The zero-order chi connectivity index (χ0) is 4.28. The van der Waals surface area contributed by atoms with E-state index in [0.717, 1.165) is 0 Å². The summed E-state index contributed by atoms with van der Waals surface area (Å²) in [5.74, 6) is 0. The molecule has 8 heavy (non-hydrogen) atoms. The third kappa shape index (κ3) is 30.3. The molecule has 0 fully saturated rings. The summed E-state index contributed by atoms with van der Waals surface area (Å²) in [6.45, 7) is 3.36. The van der Waals surface area contributed by atoms with E-state index in [4.69, 9.17) is 0 Å². The summed E-state index contributed by atoms with van der Waals surface area (Å²) in [5, 5.41) is 0. The fourth-order valence-electron chi connectivity index (χ4n) is 0. The fourth-order valence-corrected chi connectivity index (χ4v) is 0. The molecule has 0 saturated carbocycles. The van der Waals surface area contributed by atoms with Crippen LogP contribution in [0.5, 0.6) is 0 Å². The minimum Gasteiger partial charge on any atom is -0.560 e. The van der Waals surface area contributed by atoms with Gasteiger partial charge in [0.1, 0.15) is 0 Å². The average Bonchev–Trinajstić information content (AvgIpc) is 1.38. The van der Waals surface area contributed by atoms with Crippen LogP contribution >= 0.6 is 0 Å². The first-order chi connectivity index (χ1) is 2.27. The molecule has 0 amide bonds. The molecule has 0 aromatic carbocycles. The first-order valence-electron chi connectivity index (χ1n) is 1.47. The number of hydrogen-bond donors (Lipinski definition) is 0. The van der Waals surface area contributed by atoms with Crippen molar-refractivity contribution in [2.45, 2.75) is 7.43 Å². The molecule has 0 aliphatic heterocycles. The maximum Gasteiger partial charge on any atom is 0 e. The van der Waals surface area contributed by atoms with Crippen LogP contribution in [0.15, 0.2) is 6.58 Å². The van der Waals surface area contributed by atoms with Gasteiger partial charge in [-0.1, -0.05) is 7.43 Å². The fraction of sp³-hybridized carbons (Fsp3) is 0.500. The second-order valence-electron chi connectivity index (χ2n) is 1.05. The average molecular weight is 190 g/mol. The van der Waals surface area contributed by atoms with E-state index in [9.17, 15) is 0 Å². The Bertz CT molecular complexity index is 35.5. The summed E-state index contributed by atoms with van der Waals surface area (Å²) in [4.78, 5) is 1.76. The Balaban J connectivity index is -0.0000000267. The smallest absolute Gasteiger partial charge is 0 e. The zero-order valence-corrected chi connectivity index (χ0v) is 8.07. The van der Waals surface area contributed by atoms with Crippen molar-refractivity contribution in [1.82, 2.24) is 4.90 Å². The van der Waals surface area contributed by atoms with E-state index in [2.05, 4.69) is 12.8 Å². The topological polar surface area (TPSA) is 3.24 Å². The normalized spacial score (nSPS) is 4.25. The summed E-state index contributed by atoms with van der Waals surface area (Å²) >= 11 is 0. The monoisotopic (exact) mass is 190 g/mol. The van der Waals surface area contributed by atoms with Crippen molar-refractivity contribution in [1.29, 1.82) is 0 Å². The predicted octanol–water partition coefficient (Wildman–Crippen LogP) is 1.58. The molecule has 2 heteroatoms. The summed E-state index contributed by atoms with van der Waals surface area (Å²) in [7, 11) is 3.76. The Morgan fingerprint density at radius 3 is 1.50 bits per heavy atom. The SMILES string of the molecule is C.C=[C-]N(C)C.[CH3-].[Y]. The molecule has 0 unspecified atom stereocenters. The number of nitrogens with zero attached hydrogens (tertiary/aromatic N) is 1. The van der Waals surface area contributed by atoms with Crippen molar-refractivity contribution < 1.29 is 32.7 Å². The van der Waals surface area contributed by atoms with E-state index < -0.39 is 0 Å². The first kappa shape index (κ1) is 23.4. The van der Waals surface area contributed by atoms with Crippen molar-refractivity contribution in [3.63, 3.8) is 0 Å². The van der Waals surface area contributed by atoms with Crippen LogP contribution in [0.3, 0.4) is 0 Å². The molecule has 0 aromatic rings. The van der Waals surface area contributed by atoms with Gasteiger partial charge in [-0.2, -0.15) is 0 Å². The van der Waals surface area contributed by atoms with Gasteiger partial charge in [-0.05, 0) is 14.1 Å². The van der Waals surface area contributed by atoms with Crippen molar-refractivity contribution in [2.75, 3.05) is 14.1 Å². The Morgan fingerprint density at radius 1 is 1.38 bits per heavy atom. The number of hydrogen-bond acceptors (Lipinski definition) is 1. The molecule has 0 spiro atoms. The predicted molar refractivity (Wildman–Crippen MR) is 35.7 cm³/mol. The molecule has 0 aromatic heterocycles. The molecule has 0 rings (SSSR count). The maximum absolute atomic E-state index is 3.36. The van der Waals surface area contributed by atoms with Gasteiger partial charge in [-0.3, -0.25) is 6.58 Å². The van der Waals surface area contributed by atoms with Gasteiger partial charge in [-0.25, -0.2) is 0 Å². The van der Waals surface area contributed by atoms with E-state index in [1.54, 1.807) is 4.90 Å². The van der Waals surface area contributed by atoms with Crippen molar-refractivity contribution >= 4 is 0 Å². The molecule has 0 aliphatic rings. The van der Waals surface area contributed by atoms with Gasteiger partial charge in [0.2, 0.25) is 0 Å². The minimum atomic E-state index is 0. The van der Waals surface area contributed by atoms with Crippen molar-refractivity contribution in [3.8, 4) is 0 Å². The molecule has 0 bridgehead atoms. The van der Waals surface area contributed by atoms with Gasteiger partial charge in [0.25, 0.3) is 0 Å². The van der Waals surface area contributed by atoms with Gasteiger partial charge in [0.05, 0.1) is 0 Å². The largest absolute Gasteiger partial charge is 0.560 e. The summed E-state index contributed by atoms with van der Waals surface area (Å²) in [6.07, 6.45) is 2.61. The zero-order valence-electron chi connectivity index (χ0n) is 5.23. The van der Waals surface area contributed by atoms with Crippen LogP contribution in [0.4, 0.5) is 0 Å². The Labute approximate surface area is 79.0 Å². The second-order valence-corrected chi connectivity index (χ2v) is 1.05. The third-order valence-corrected chi connectivity index (χ3v) is 0.316. The molecule has 1 nitrogen and oxygen atoms in total. The standard InChI is InChI=1S/C4H8N.CH4.CH3.Y/c1-4-5(2)3;;;/h1H2,2-3H3;1H4;1H3;/q-1;;-1;. The van der Waals surface area contributed by atoms with Gasteiger partial charge in [0.15, 0.2) is 0 Å². The van der Waals surface area contributed by atoms with Crippen LogP contribution in [0, 0.1) is 13.6 Å². The van der Waals surface area contributed by atoms with Crippen LogP contribution in [0.1, 0.15) is 7.43 Å². The van der Waals surface area contributed by atoms with Crippen molar-refractivity contribution in [3.05, 3.63) is 20.2 Å². The van der Waals surface area contributed by atoms with E-state index in [1.165, 1.54) is 0 Å². The molecule has 0 N–H and O–H groups in total. The molecule has 0 atom stereocenters.